The second-order valence-corrected chi connectivity index (χ2v) is 17.5. The Hall–Kier alpha value is -6.99. The summed E-state index contributed by atoms with van der Waals surface area (Å²) in [6.45, 7) is 3.10. The Morgan fingerprint density at radius 3 is 1.69 bits per heavy atom. The lowest BCUT2D eigenvalue weighted by Crippen LogP contribution is -2.00. The predicted octanol–water partition coefficient (Wildman–Crippen LogP) is 15.2. The van der Waals surface area contributed by atoms with E-state index in [0.717, 1.165) is 23.2 Å². The highest BCUT2D eigenvalue weighted by Gasteiger charge is 2.20. The van der Waals surface area contributed by atoms with Crippen LogP contribution in [0.15, 0.2) is 164 Å². The molecule has 0 unspecified atom stereocenters. The molecule has 0 fully saturated rings. The van der Waals surface area contributed by atoms with E-state index in [4.69, 9.17) is 15.0 Å². The van der Waals surface area contributed by atoms with Crippen molar-refractivity contribution in [2.24, 2.45) is 0 Å². The minimum atomic E-state index is 0.665. The average Bonchev–Trinajstić information content (AvgIpc) is 3.97. The van der Waals surface area contributed by atoms with Gasteiger partial charge in [0.1, 0.15) is 0 Å². The van der Waals surface area contributed by atoms with Crippen LogP contribution in [0, 0.1) is 0 Å². The summed E-state index contributed by atoms with van der Waals surface area (Å²) in [6, 6.07) is 59.6. The van der Waals surface area contributed by atoms with Crippen LogP contribution in [0.3, 0.4) is 0 Å². The standard InChI is InChI=1S/C53H32N4S2/c1-2-57-45-20-9-7-16-36(45)43-26-30(23-25-46(43)57)51-54-52(31-22-24-38-37-17-8-10-21-47(37)58-48(38)27-31)56-53(55-51)40-19-11-18-39-44-28-41-34-14-5-3-12-32(34)33-13-4-6-15-35(33)42(41)29-49(44)59-50(39)40/h3-29H,2H2,1H3. The molecule has 0 aliphatic carbocycles. The number of fused-ring (bicyclic) bond motifs is 15. The monoisotopic (exact) mass is 788 g/mol. The molecule has 0 amide bonds. The maximum absolute atomic E-state index is 5.35. The van der Waals surface area contributed by atoms with Gasteiger partial charge in [0.15, 0.2) is 17.5 Å². The van der Waals surface area contributed by atoms with Gasteiger partial charge in [0.2, 0.25) is 0 Å². The third-order valence-electron chi connectivity index (χ3n) is 12.2. The molecule has 0 bridgehead atoms. The van der Waals surface area contributed by atoms with Crippen LogP contribution < -0.4 is 0 Å². The molecule has 0 spiro atoms. The van der Waals surface area contributed by atoms with Gasteiger partial charge in [0, 0.05) is 85.4 Å². The topological polar surface area (TPSA) is 43.6 Å². The first kappa shape index (κ1) is 33.0. The summed E-state index contributed by atoms with van der Waals surface area (Å²) >= 11 is 3.64. The minimum Gasteiger partial charge on any atom is -0.341 e. The van der Waals surface area contributed by atoms with Crippen LogP contribution in [-0.2, 0) is 6.54 Å². The Labute approximate surface area is 346 Å². The number of para-hydroxylation sites is 1. The highest BCUT2D eigenvalue weighted by Crippen LogP contribution is 2.45. The van der Waals surface area contributed by atoms with Crippen LogP contribution in [0.25, 0.3) is 129 Å². The molecular weight excluding hydrogens is 757 g/mol. The Bertz CT molecular complexity index is 3910. The molecule has 9 aromatic carbocycles. The third kappa shape index (κ3) is 4.85. The number of nitrogens with zero attached hydrogens (tertiary/aromatic N) is 4. The van der Waals surface area contributed by atoms with Crippen molar-refractivity contribution >= 4 is 117 Å². The van der Waals surface area contributed by atoms with Crippen molar-refractivity contribution in [2.45, 2.75) is 13.5 Å². The molecule has 276 valence electrons. The minimum absolute atomic E-state index is 0.665. The molecular formula is C53H32N4S2. The fraction of sp³-hybridized carbons (Fsp3) is 0.0377. The summed E-state index contributed by atoms with van der Waals surface area (Å²) in [5, 5.41) is 15.1. The van der Waals surface area contributed by atoms with E-state index in [0.29, 0.717) is 17.5 Å². The lowest BCUT2D eigenvalue weighted by atomic mass is 9.93. The number of aryl methyl sites for hydroxylation is 1. The molecule has 59 heavy (non-hydrogen) atoms. The van der Waals surface area contributed by atoms with Crippen LogP contribution in [0.5, 0.6) is 0 Å². The molecule has 0 atom stereocenters. The highest BCUT2D eigenvalue weighted by atomic mass is 32.1. The zero-order valence-electron chi connectivity index (χ0n) is 31.9. The summed E-state index contributed by atoms with van der Waals surface area (Å²) in [6.07, 6.45) is 0. The van der Waals surface area contributed by atoms with Crippen LogP contribution in [0.2, 0.25) is 0 Å². The summed E-state index contributed by atoms with van der Waals surface area (Å²) in [4.78, 5) is 16.0. The summed E-state index contributed by atoms with van der Waals surface area (Å²) in [5.74, 6) is 2.01. The van der Waals surface area contributed by atoms with Gasteiger partial charge >= 0.3 is 0 Å². The first-order chi connectivity index (χ1) is 29.2. The molecule has 6 heteroatoms. The van der Waals surface area contributed by atoms with Crippen molar-refractivity contribution in [2.75, 3.05) is 0 Å². The smallest absolute Gasteiger partial charge is 0.165 e. The Morgan fingerprint density at radius 1 is 0.373 bits per heavy atom. The van der Waals surface area contributed by atoms with Crippen molar-refractivity contribution in [3.05, 3.63) is 164 Å². The van der Waals surface area contributed by atoms with Crippen LogP contribution in [0.1, 0.15) is 6.92 Å². The van der Waals surface area contributed by atoms with Gasteiger partial charge in [-0.25, -0.2) is 15.0 Å². The summed E-state index contributed by atoms with van der Waals surface area (Å²) < 4.78 is 7.32. The number of hydrogen-bond acceptors (Lipinski definition) is 5. The Balaban J connectivity index is 1.06. The molecule has 13 aromatic rings. The van der Waals surface area contributed by atoms with E-state index < -0.39 is 0 Å². The van der Waals surface area contributed by atoms with E-state index >= 15 is 0 Å². The molecule has 0 N–H and O–H groups in total. The fourth-order valence-electron chi connectivity index (χ4n) is 9.52. The van der Waals surface area contributed by atoms with Crippen molar-refractivity contribution in [3.8, 4) is 34.2 Å². The van der Waals surface area contributed by atoms with Gasteiger partial charge in [-0.15, -0.1) is 22.7 Å². The van der Waals surface area contributed by atoms with E-state index in [1.54, 1.807) is 0 Å². The lowest BCUT2D eigenvalue weighted by molar-refractivity contribution is 0.827. The normalized spacial score (nSPS) is 12.2. The van der Waals surface area contributed by atoms with Crippen molar-refractivity contribution in [3.63, 3.8) is 0 Å². The SMILES string of the molecule is CCn1c2ccccc2c2cc(-c3nc(-c4ccc5c(c4)sc4ccccc45)nc(-c4cccc5c4sc4cc6c7ccccc7c7ccccc7c6cc45)n3)ccc21. The van der Waals surface area contributed by atoms with Gasteiger partial charge in [-0.1, -0.05) is 109 Å². The Morgan fingerprint density at radius 2 is 0.932 bits per heavy atom. The van der Waals surface area contributed by atoms with Crippen LogP contribution >= 0.6 is 22.7 Å². The van der Waals surface area contributed by atoms with Gasteiger partial charge in [-0.3, -0.25) is 0 Å². The van der Waals surface area contributed by atoms with Gasteiger partial charge in [0.25, 0.3) is 0 Å². The first-order valence-corrected chi connectivity index (χ1v) is 21.7. The molecule has 4 nitrogen and oxygen atoms in total. The molecule has 0 aliphatic heterocycles. The second-order valence-electron chi connectivity index (χ2n) is 15.4. The average molecular weight is 789 g/mol. The third-order valence-corrected chi connectivity index (χ3v) is 14.6. The van der Waals surface area contributed by atoms with E-state index in [-0.39, 0.29) is 0 Å². The molecule has 0 radical (unpaired) electrons. The van der Waals surface area contributed by atoms with Crippen molar-refractivity contribution < 1.29 is 0 Å². The van der Waals surface area contributed by atoms with Crippen LogP contribution in [-0.4, -0.2) is 19.5 Å². The maximum Gasteiger partial charge on any atom is 0.165 e. The maximum atomic E-state index is 5.35. The molecule has 0 saturated carbocycles. The number of thiophene rings is 2. The predicted molar refractivity (Wildman–Crippen MR) is 253 cm³/mol. The molecule has 0 saturated heterocycles. The van der Waals surface area contributed by atoms with Crippen molar-refractivity contribution in [1.82, 2.24) is 19.5 Å². The molecule has 0 aliphatic rings. The summed E-state index contributed by atoms with van der Waals surface area (Å²) in [7, 11) is 0. The first-order valence-electron chi connectivity index (χ1n) is 20.1. The number of rotatable bonds is 4. The fourth-order valence-corrected chi connectivity index (χ4v) is 11.9. The number of hydrogen-bond donors (Lipinski definition) is 0. The van der Waals surface area contributed by atoms with Gasteiger partial charge in [0.05, 0.1) is 0 Å². The molecule has 4 aromatic heterocycles. The highest BCUT2D eigenvalue weighted by molar-refractivity contribution is 7.26. The largest absolute Gasteiger partial charge is 0.341 e. The molecule has 13 rings (SSSR count). The van der Waals surface area contributed by atoms with E-state index in [9.17, 15) is 0 Å². The van der Waals surface area contributed by atoms with Crippen LogP contribution in [0.4, 0.5) is 0 Å². The van der Waals surface area contributed by atoms with E-state index in [1.807, 2.05) is 22.7 Å². The Kier molecular flexibility index (Phi) is 7.00. The van der Waals surface area contributed by atoms with E-state index in [2.05, 4.69) is 175 Å². The van der Waals surface area contributed by atoms with Gasteiger partial charge in [-0.2, -0.15) is 0 Å². The van der Waals surface area contributed by atoms with Gasteiger partial charge in [-0.05, 0) is 93.8 Å². The molecule has 4 heterocycles. The second kappa shape index (κ2) is 12.5. The lowest BCUT2D eigenvalue weighted by Gasteiger charge is -2.10. The zero-order valence-corrected chi connectivity index (χ0v) is 33.5. The van der Waals surface area contributed by atoms with Gasteiger partial charge < -0.3 is 4.57 Å². The summed E-state index contributed by atoms with van der Waals surface area (Å²) in [5.41, 5.74) is 5.41. The number of aromatic nitrogens is 4. The van der Waals surface area contributed by atoms with E-state index in [1.165, 1.54) is 94.5 Å². The zero-order chi connectivity index (χ0) is 38.8. The quantitative estimate of drug-likeness (QED) is 0.167. The number of benzene rings is 9. The van der Waals surface area contributed by atoms with Crippen molar-refractivity contribution in [1.29, 1.82) is 0 Å².